The number of carbonyl (C=O) groups excluding carboxylic acids is 1. The van der Waals surface area contributed by atoms with Gasteiger partial charge in [-0.05, 0) is 50.5 Å². The second-order valence-electron chi connectivity index (χ2n) is 9.93. The Kier molecular flexibility index (Phi) is 9.46. The Hall–Kier alpha value is -3.31. The highest BCUT2D eigenvalue weighted by molar-refractivity contribution is 5.76. The number of hydrogen-bond donors (Lipinski definition) is 3. The van der Waals surface area contributed by atoms with Gasteiger partial charge in [-0.2, -0.15) is 15.0 Å². The van der Waals surface area contributed by atoms with Gasteiger partial charge in [-0.1, -0.05) is 31.0 Å². The molecule has 1 aliphatic heterocycles. The van der Waals surface area contributed by atoms with Crippen LogP contribution in [-0.2, 0) is 11.3 Å². The zero-order chi connectivity index (χ0) is 27.0. The number of para-hydroxylation sites is 1. The molecule has 2 aliphatic rings. The summed E-state index contributed by atoms with van der Waals surface area (Å²) in [6, 6.07) is 6.03. The summed E-state index contributed by atoms with van der Waals surface area (Å²) >= 11 is 0. The molecular weight excluding hydrogens is 499 g/mol. The number of carbonyl (C=O) groups is 1. The highest BCUT2D eigenvalue weighted by atomic mass is 19.4. The number of nitrogens with one attached hydrogen (secondary N) is 3. The molecule has 1 saturated heterocycles. The average Bonchev–Trinajstić information content (AvgIpc) is 3.18. The van der Waals surface area contributed by atoms with E-state index in [2.05, 4.69) is 35.6 Å². The Balaban J connectivity index is 1.25. The molecule has 38 heavy (non-hydrogen) atoms. The molecule has 2 fully saturated rings. The third kappa shape index (κ3) is 8.35. The van der Waals surface area contributed by atoms with E-state index >= 15 is 0 Å². The molecule has 0 atom stereocenters. The molecule has 1 aromatic carbocycles. The Bertz CT molecular complexity index is 1050. The van der Waals surface area contributed by atoms with Crippen LogP contribution in [0.15, 0.2) is 24.3 Å². The molecule has 0 unspecified atom stereocenters. The van der Waals surface area contributed by atoms with Crippen LogP contribution in [0, 0.1) is 5.92 Å². The van der Waals surface area contributed by atoms with Crippen molar-refractivity contribution in [3.05, 3.63) is 29.8 Å². The van der Waals surface area contributed by atoms with Crippen molar-refractivity contribution in [1.82, 2.24) is 20.3 Å². The minimum atomic E-state index is -4.78. The van der Waals surface area contributed by atoms with Crippen LogP contribution in [-0.4, -0.2) is 53.4 Å². The highest BCUT2D eigenvalue weighted by Crippen LogP contribution is 2.30. The number of alkyl halides is 3. The number of anilines is 3. The lowest BCUT2D eigenvalue weighted by Crippen LogP contribution is -2.31. The molecule has 0 bridgehead atoms. The van der Waals surface area contributed by atoms with Crippen molar-refractivity contribution in [1.29, 1.82) is 0 Å². The Labute approximate surface area is 221 Å². The number of halogens is 3. The van der Waals surface area contributed by atoms with Crippen molar-refractivity contribution in [2.75, 3.05) is 35.7 Å². The van der Waals surface area contributed by atoms with Crippen LogP contribution in [0.3, 0.4) is 0 Å². The fraction of sp³-hybridized carbons (Fsp3) is 0.615. The molecule has 3 N–H and O–H groups in total. The van der Waals surface area contributed by atoms with E-state index in [1.165, 1.54) is 31.0 Å². The summed E-state index contributed by atoms with van der Waals surface area (Å²) in [5.41, 5.74) is 0.281. The summed E-state index contributed by atoms with van der Waals surface area (Å²) in [6.45, 7) is 1.87. The van der Waals surface area contributed by atoms with Crippen molar-refractivity contribution in [2.45, 2.75) is 76.7 Å². The van der Waals surface area contributed by atoms with Crippen molar-refractivity contribution >= 4 is 23.8 Å². The maximum absolute atomic E-state index is 12.6. The first-order chi connectivity index (χ1) is 18.3. The van der Waals surface area contributed by atoms with Gasteiger partial charge < -0.3 is 25.6 Å². The van der Waals surface area contributed by atoms with E-state index in [-0.39, 0.29) is 35.7 Å². The van der Waals surface area contributed by atoms with E-state index in [0.717, 1.165) is 51.6 Å². The minimum Gasteiger partial charge on any atom is -0.405 e. The van der Waals surface area contributed by atoms with E-state index in [1.807, 2.05) is 0 Å². The molecule has 0 spiro atoms. The average molecular weight is 536 g/mol. The second-order valence-corrected chi connectivity index (χ2v) is 9.93. The van der Waals surface area contributed by atoms with Gasteiger partial charge in [0.2, 0.25) is 23.8 Å². The first kappa shape index (κ1) is 27.7. The summed E-state index contributed by atoms with van der Waals surface area (Å²) in [5, 5.41) is 9.23. The third-order valence-corrected chi connectivity index (χ3v) is 7.06. The van der Waals surface area contributed by atoms with Crippen molar-refractivity contribution in [2.24, 2.45) is 5.92 Å². The smallest absolute Gasteiger partial charge is 0.405 e. The Morgan fingerprint density at radius 2 is 1.68 bits per heavy atom. The number of benzene rings is 1. The summed E-state index contributed by atoms with van der Waals surface area (Å²) in [4.78, 5) is 28.5. The van der Waals surface area contributed by atoms with E-state index < -0.39 is 6.36 Å². The molecule has 0 radical (unpaired) electrons. The molecular formula is C26H36F3N7O2. The number of nitrogens with zero attached hydrogens (tertiary/aromatic N) is 4. The standard InChI is InChI=1S/C26H36F3N7O2/c1-30-23-33-24(35-25(34-23)36-14-6-2-3-7-15-36)32-20-12-10-18(11-13-20)16-22(37)31-17-19-8-4-5-9-21(19)38-26(27,28)29/h4-5,8-9,18,20H,2-3,6-7,10-17H2,1H3,(H,31,37)(H2,30,32,33,34,35). The van der Waals surface area contributed by atoms with Gasteiger partial charge in [0.25, 0.3) is 0 Å². The van der Waals surface area contributed by atoms with Crippen LogP contribution in [0.5, 0.6) is 5.75 Å². The monoisotopic (exact) mass is 535 g/mol. The highest BCUT2D eigenvalue weighted by Gasteiger charge is 2.32. The van der Waals surface area contributed by atoms with Crippen molar-refractivity contribution < 1.29 is 22.7 Å². The Morgan fingerprint density at radius 1 is 1.00 bits per heavy atom. The number of amides is 1. The first-order valence-corrected chi connectivity index (χ1v) is 13.3. The van der Waals surface area contributed by atoms with E-state index in [0.29, 0.717) is 24.3 Å². The summed E-state index contributed by atoms with van der Waals surface area (Å²) < 4.78 is 41.9. The summed E-state index contributed by atoms with van der Waals surface area (Å²) in [7, 11) is 1.80. The van der Waals surface area contributed by atoms with Gasteiger partial charge in [-0.25, -0.2) is 0 Å². The van der Waals surface area contributed by atoms with Crippen LogP contribution in [0.1, 0.15) is 63.4 Å². The van der Waals surface area contributed by atoms with E-state index in [4.69, 9.17) is 4.98 Å². The molecule has 1 amide bonds. The predicted molar refractivity (Wildman–Crippen MR) is 139 cm³/mol. The first-order valence-electron chi connectivity index (χ1n) is 13.3. The zero-order valence-electron chi connectivity index (χ0n) is 21.7. The molecule has 2 aromatic rings. The lowest BCUT2D eigenvalue weighted by atomic mass is 9.84. The van der Waals surface area contributed by atoms with Gasteiger partial charge >= 0.3 is 6.36 Å². The van der Waals surface area contributed by atoms with Gasteiger partial charge in [0, 0.05) is 44.7 Å². The minimum absolute atomic E-state index is 0.0193. The fourth-order valence-corrected chi connectivity index (χ4v) is 5.05. The molecule has 2 heterocycles. The van der Waals surface area contributed by atoms with E-state index in [1.54, 1.807) is 13.1 Å². The third-order valence-electron chi connectivity index (χ3n) is 7.06. The SMILES string of the molecule is CNc1nc(NC2CCC(CC(=O)NCc3ccccc3OC(F)(F)F)CC2)nc(N2CCCCCC2)n1. The van der Waals surface area contributed by atoms with Crippen LogP contribution < -0.4 is 25.6 Å². The van der Waals surface area contributed by atoms with E-state index in [9.17, 15) is 18.0 Å². The normalized spacial score (nSPS) is 20.4. The molecule has 1 saturated carbocycles. The lowest BCUT2D eigenvalue weighted by Gasteiger charge is -2.29. The largest absolute Gasteiger partial charge is 0.573 e. The van der Waals surface area contributed by atoms with Crippen LogP contribution >= 0.6 is 0 Å². The second kappa shape index (κ2) is 13.0. The predicted octanol–water partition coefficient (Wildman–Crippen LogP) is 4.87. The van der Waals surface area contributed by atoms with Gasteiger partial charge in [-0.15, -0.1) is 13.2 Å². The number of ether oxygens (including phenoxy) is 1. The molecule has 208 valence electrons. The van der Waals surface area contributed by atoms with Gasteiger partial charge in [0.05, 0.1) is 0 Å². The van der Waals surface area contributed by atoms with Crippen molar-refractivity contribution in [3.63, 3.8) is 0 Å². The summed E-state index contributed by atoms with van der Waals surface area (Å²) in [5.74, 6) is 1.53. The van der Waals surface area contributed by atoms with Crippen LogP contribution in [0.25, 0.3) is 0 Å². The molecule has 1 aromatic heterocycles. The molecule has 4 rings (SSSR count). The van der Waals surface area contributed by atoms with Crippen LogP contribution in [0.4, 0.5) is 31.0 Å². The molecule has 12 heteroatoms. The lowest BCUT2D eigenvalue weighted by molar-refractivity contribution is -0.274. The fourth-order valence-electron chi connectivity index (χ4n) is 5.05. The van der Waals surface area contributed by atoms with Gasteiger partial charge in [0.15, 0.2) is 0 Å². The van der Waals surface area contributed by atoms with Crippen molar-refractivity contribution in [3.8, 4) is 5.75 Å². The molecule has 9 nitrogen and oxygen atoms in total. The molecule has 1 aliphatic carbocycles. The summed E-state index contributed by atoms with van der Waals surface area (Å²) in [6.07, 6.45) is 3.76. The van der Waals surface area contributed by atoms with Crippen LogP contribution in [0.2, 0.25) is 0 Å². The number of hydrogen-bond acceptors (Lipinski definition) is 8. The Morgan fingerprint density at radius 3 is 2.37 bits per heavy atom. The maximum atomic E-state index is 12.6. The number of aromatic nitrogens is 3. The van der Waals surface area contributed by atoms with Gasteiger partial charge in [0.1, 0.15) is 5.75 Å². The maximum Gasteiger partial charge on any atom is 0.573 e. The quantitative estimate of drug-likeness (QED) is 0.418. The van der Waals surface area contributed by atoms with Gasteiger partial charge in [-0.3, -0.25) is 4.79 Å². The zero-order valence-corrected chi connectivity index (χ0v) is 21.7. The topological polar surface area (TPSA) is 104 Å². The number of rotatable bonds is 9.